The Labute approximate surface area is 324 Å². The molecule has 0 atom stereocenters. The highest BCUT2D eigenvalue weighted by molar-refractivity contribution is 7.91. The zero-order chi connectivity index (χ0) is 37.0. The SMILES string of the molecule is C.C.C.C.C=CC(=O)OCOc1ccc(CC(=O)Oc2ccc(S(=O)(=O)c3ccc(OC(=O)Cc4ccc(OCOC(=O)C=C)cc4C)cc3)cc2)c(C)c1. The topological polar surface area (TPSA) is 158 Å². The summed E-state index contributed by atoms with van der Waals surface area (Å²) in [6, 6.07) is 20.9. The molecule has 0 radical (unpaired) electrons. The Kier molecular flexibility index (Phi) is 20.2. The van der Waals surface area contributed by atoms with Crippen molar-refractivity contribution in [2.75, 3.05) is 13.6 Å². The summed E-state index contributed by atoms with van der Waals surface area (Å²) in [6.07, 6.45) is 1.95. The number of benzene rings is 4. The second kappa shape index (κ2) is 22.8. The maximum atomic E-state index is 13.2. The number of ether oxygens (including phenoxy) is 6. The third kappa shape index (κ3) is 14.3. The van der Waals surface area contributed by atoms with Crippen molar-refractivity contribution in [3.63, 3.8) is 0 Å². The van der Waals surface area contributed by atoms with Gasteiger partial charge in [-0.15, -0.1) is 0 Å². The molecule has 0 spiro atoms. The molecular weight excluding hydrogens is 729 g/mol. The zero-order valence-corrected chi connectivity index (χ0v) is 28.6. The Balaban J connectivity index is 0.00000729. The van der Waals surface area contributed by atoms with Crippen molar-refractivity contribution < 1.29 is 56.0 Å². The van der Waals surface area contributed by atoms with E-state index in [1.165, 1.54) is 48.5 Å². The lowest BCUT2D eigenvalue weighted by Gasteiger charge is -2.11. The van der Waals surface area contributed by atoms with Crippen LogP contribution in [0.2, 0.25) is 0 Å². The van der Waals surface area contributed by atoms with Gasteiger partial charge in [0.25, 0.3) is 0 Å². The Morgan fingerprint density at radius 1 is 0.545 bits per heavy atom. The molecule has 0 aliphatic carbocycles. The zero-order valence-electron chi connectivity index (χ0n) is 27.8. The lowest BCUT2D eigenvalue weighted by atomic mass is 10.1. The third-order valence-electron chi connectivity index (χ3n) is 7.22. The van der Waals surface area contributed by atoms with Gasteiger partial charge in [-0.05, 0) is 109 Å². The van der Waals surface area contributed by atoms with Gasteiger partial charge in [0.2, 0.25) is 23.4 Å². The molecule has 55 heavy (non-hydrogen) atoms. The second-order valence-corrected chi connectivity index (χ2v) is 12.7. The fourth-order valence-corrected chi connectivity index (χ4v) is 5.76. The molecule has 4 rings (SSSR count). The second-order valence-electron chi connectivity index (χ2n) is 10.8. The average molecular weight is 779 g/mol. The summed E-state index contributed by atoms with van der Waals surface area (Å²) in [5, 5.41) is 0. The first-order valence-corrected chi connectivity index (χ1v) is 16.8. The third-order valence-corrected chi connectivity index (χ3v) is 9.00. The van der Waals surface area contributed by atoms with E-state index in [-0.39, 0.29) is 77.4 Å². The highest BCUT2D eigenvalue weighted by atomic mass is 32.2. The van der Waals surface area contributed by atoms with E-state index in [9.17, 15) is 27.6 Å². The van der Waals surface area contributed by atoms with Gasteiger partial charge >= 0.3 is 23.9 Å². The van der Waals surface area contributed by atoms with Gasteiger partial charge in [0.15, 0.2) is 0 Å². The first kappa shape index (κ1) is 48.8. The van der Waals surface area contributed by atoms with E-state index >= 15 is 0 Å². The average Bonchev–Trinajstić information content (AvgIpc) is 3.10. The minimum atomic E-state index is -3.94. The molecule has 0 aliphatic rings. The Hall–Kier alpha value is -6.21. The van der Waals surface area contributed by atoms with E-state index in [4.69, 9.17) is 28.4 Å². The summed E-state index contributed by atoms with van der Waals surface area (Å²) >= 11 is 0. The number of carbonyl (C=O) groups is 4. The van der Waals surface area contributed by atoms with Gasteiger partial charge in [0.1, 0.15) is 23.0 Å². The summed E-state index contributed by atoms with van der Waals surface area (Å²) in [4.78, 5) is 47.4. The van der Waals surface area contributed by atoms with Crippen molar-refractivity contribution in [2.45, 2.75) is 66.2 Å². The molecule has 0 aliphatic heterocycles. The standard InChI is InChI=1S/C38H34O12S.4CH4/c1-5-35(39)47-23-45-31-9-7-27(25(3)19-31)21-37(41)49-29-11-15-33(16-12-29)51(43,44)34-17-13-30(14-18-34)50-38(42)22-28-8-10-32(20-26(28)4)46-24-48-36(40)6-2;;;;/h5-20H,1-2,21-24H2,3-4H3;4*1H4. The molecule has 0 N–H and O–H groups in total. The van der Waals surface area contributed by atoms with Crippen molar-refractivity contribution in [3.8, 4) is 23.0 Å². The van der Waals surface area contributed by atoms with E-state index in [0.29, 0.717) is 22.6 Å². The number of hydrogen-bond acceptors (Lipinski definition) is 12. The molecule has 4 aromatic carbocycles. The molecule has 0 unspecified atom stereocenters. The highest BCUT2D eigenvalue weighted by Crippen LogP contribution is 2.26. The molecular formula is C42H50O12S. The monoisotopic (exact) mass is 778 g/mol. The molecule has 0 aromatic heterocycles. The van der Waals surface area contributed by atoms with Crippen molar-refractivity contribution in [2.24, 2.45) is 0 Å². The van der Waals surface area contributed by atoms with Crippen LogP contribution in [0.1, 0.15) is 52.0 Å². The Morgan fingerprint density at radius 3 is 1.18 bits per heavy atom. The largest absolute Gasteiger partial charge is 0.457 e. The maximum absolute atomic E-state index is 13.2. The number of hydrogen-bond donors (Lipinski definition) is 0. The molecule has 0 heterocycles. The van der Waals surface area contributed by atoms with Crippen molar-refractivity contribution in [1.82, 2.24) is 0 Å². The minimum absolute atomic E-state index is 0. The highest BCUT2D eigenvalue weighted by Gasteiger charge is 2.19. The molecule has 13 heteroatoms. The number of aryl methyl sites for hydroxylation is 2. The van der Waals surface area contributed by atoms with Crippen LogP contribution in [0.4, 0.5) is 0 Å². The summed E-state index contributed by atoms with van der Waals surface area (Å²) < 4.78 is 57.6. The van der Waals surface area contributed by atoms with Gasteiger partial charge in [-0.3, -0.25) is 9.59 Å². The molecule has 4 aromatic rings. The van der Waals surface area contributed by atoms with Crippen LogP contribution in [0, 0.1) is 13.8 Å². The maximum Gasteiger partial charge on any atom is 0.333 e. The molecule has 0 saturated carbocycles. The Bertz CT molecular complexity index is 1890. The van der Waals surface area contributed by atoms with Crippen LogP contribution in [-0.2, 0) is 51.3 Å². The lowest BCUT2D eigenvalue weighted by Crippen LogP contribution is -2.13. The van der Waals surface area contributed by atoms with Crippen molar-refractivity contribution in [3.05, 3.63) is 132 Å². The normalized spacial score (nSPS) is 9.93. The van der Waals surface area contributed by atoms with Gasteiger partial charge in [-0.25, -0.2) is 18.0 Å². The van der Waals surface area contributed by atoms with Crippen LogP contribution in [0.3, 0.4) is 0 Å². The van der Waals surface area contributed by atoms with Crippen LogP contribution in [0.25, 0.3) is 0 Å². The van der Waals surface area contributed by atoms with Crippen LogP contribution in [0.15, 0.2) is 120 Å². The van der Waals surface area contributed by atoms with Crippen LogP contribution >= 0.6 is 0 Å². The number of carbonyl (C=O) groups excluding carboxylic acids is 4. The van der Waals surface area contributed by atoms with Gasteiger partial charge in [0, 0.05) is 12.2 Å². The van der Waals surface area contributed by atoms with Crippen molar-refractivity contribution >= 4 is 33.7 Å². The van der Waals surface area contributed by atoms with Crippen LogP contribution in [0.5, 0.6) is 23.0 Å². The minimum Gasteiger partial charge on any atom is -0.457 e. The van der Waals surface area contributed by atoms with E-state index in [1.54, 1.807) is 50.2 Å². The van der Waals surface area contributed by atoms with Crippen LogP contribution in [-0.4, -0.2) is 45.9 Å². The van der Waals surface area contributed by atoms with E-state index in [0.717, 1.165) is 23.3 Å². The lowest BCUT2D eigenvalue weighted by molar-refractivity contribution is -0.145. The van der Waals surface area contributed by atoms with Crippen molar-refractivity contribution in [1.29, 1.82) is 0 Å². The first-order chi connectivity index (χ1) is 24.4. The van der Waals surface area contributed by atoms with E-state index < -0.39 is 33.7 Å². The molecule has 0 saturated heterocycles. The van der Waals surface area contributed by atoms with Crippen LogP contribution < -0.4 is 18.9 Å². The fraction of sp³-hybridized carbons (Fsp3) is 0.238. The Morgan fingerprint density at radius 2 is 0.873 bits per heavy atom. The molecule has 0 amide bonds. The number of rotatable bonds is 16. The molecule has 0 fully saturated rings. The summed E-state index contributed by atoms with van der Waals surface area (Å²) in [6.45, 7) is 9.61. The summed E-state index contributed by atoms with van der Waals surface area (Å²) in [7, 11) is -3.94. The summed E-state index contributed by atoms with van der Waals surface area (Å²) in [5.74, 6) is -1.13. The van der Waals surface area contributed by atoms with Gasteiger partial charge < -0.3 is 28.4 Å². The first-order valence-electron chi connectivity index (χ1n) is 15.3. The van der Waals surface area contributed by atoms with Gasteiger partial charge in [-0.2, -0.15) is 0 Å². The van der Waals surface area contributed by atoms with E-state index in [1.807, 2.05) is 0 Å². The summed E-state index contributed by atoms with van der Waals surface area (Å²) in [5.41, 5.74) is 2.87. The molecule has 12 nitrogen and oxygen atoms in total. The smallest absolute Gasteiger partial charge is 0.333 e. The van der Waals surface area contributed by atoms with Gasteiger partial charge in [-0.1, -0.05) is 55.0 Å². The fourth-order valence-electron chi connectivity index (χ4n) is 4.50. The predicted molar refractivity (Wildman–Crippen MR) is 210 cm³/mol. The predicted octanol–water partition coefficient (Wildman–Crippen LogP) is 8.11. The molecule has 0 bridgehead atoms. The van der Waals surface area contributed by atoms with Gasteiger partial charge in [0.05, 0.1) is 22.6 Å². The quantitative estimate of drug-likeness (QED) is 0.0466. The number of sulfone groups is 1. The number of esters is 4. The van der Waals surface area contributed by atoms with E-state index in [2.05, 4.69) is 13.2 Å². The molecule has 296 valence electrons.